The lowest BCUT2D eigenvalue weighted by Gasteiger charge is -2.36. The summed E-state index contributed by atoms with van der Waals surface area (Å²) >= 11 is 0. The number of carbonyl (C=O) groups excluding carboxylic acids is 2. The predicted octanol–water partition coefficient (Wildman–Crippen LogP) is 1.58. The highest BCUT2D eigenvalue weighted by molar-refractivity contribution is 6.04. The summed E-state index contributed by atoms with van der Waals surface area (Å²) in [5.74, 6) is 0.0434. The van der Waals surface area contributed by atoms with Gasteiger partial charge in [-0.05, 0) is 31.7 Å². The molecule has 166 valence electrons. The molecule has 0 saturated carbocycles. The van der Waals surface area contributed by atoms with Crippen molar-refractivity contribution in [3.05, 3.63) is 40.3 Å². The van der Waals surface area contributed by atoms with Gasteiger partial charge in [0.2, 0.25) is 5.91 Å². The fraction of sp³-hybridized carbons (Fsp3) is 0.565. The Morgan fingerprint density at radius 1 is 0.903 bits per heavy atom. The predicted molar refractivity (Wildman–Crippen MR) is 119 cm³/mol. The van der Waals surface area contributed by atoms with Gasteiger partial charge in [0.05, 0.1) is 11.9 Å². The number of aryl methyl sites for hydroxylation is 1. The smallest absolute Gasteiger partial charge is 0.275 e. The van der Waals surface area contributed by atoms with Crippen LogP contribution in [0.4, 0.5) is 0 Å². The van der Waals surface area contributed by atoms with Crippen LogP contribution in [0.5, 0.6) is 0 Å². The molecule has 2 amide bonds. The normalized spacial score (nSPS) is 17.8. The molecule has 0 unspecified atom stereocenters. The number of rotatable bonds is 5. The maximum Gasteiger partial charge on any atom is 0.275 e. The number of aromatic nitrogens is 2. The van der Waals surface area contributed by atoms with Crippen LogP contribution in [0.15, 0.2) is 29.1 Å². The lowest BCUT2D eigenvalue weighted by Crippen LogP contribution is -2.52. The molecule has 4 rings (SSSR count). The van der Waals surface area contributed by atoms with Crippen molar-refractivity contribution in [2.75, 3.05) is 45.8 Å². The van der Waals surface area contributed by atoms with E-state index in [0.29, 0.717) is 55.7 Å². The number of benzene rings is 1. The van der Waals surface area contributed by atoms with Crippen molar-refractivity contribution in [3.8, 4) is 0 Å². The van der Waals surface area contributed by atoms with E-state index in [4.69, 9.17) is 0 Å². The number of nitrogens with zero attached hydrogens (tertiary/aromatic N) is 5. The number of piperazine rings is 1. The molecular formula is C23H31N5O3. The van der Waals surface area contributed by atoms with Crippen LogP contribution in [0.3, 0.4) is 0 Å². The van der Waals surface area contributed by atoms with Crippen LogP contribution in [0.2, 0.25) is 0 Å². The van der Waals surface area contributed by atoms with Crippen molar-refractivity contribution in [2.45, 2.75) is 39.2 Å². The van der Waals surface area contributed by atoms with Crippen LogP contribution in [0, 0.1) is 0 Å². The molecule has 2 saturated heterocycles. The molecule has 31 heavy (non-hydrogen) atoms. The van der Waals surface area contributed by atoms with Crippen LogP contribution >= 0.6 is 0 Å². The summed E-state index contributed by atoms with van der Waals surface area (Å²) in [7, 11) is 0. The average Bonchev–Trinajstić information content (AvgIpc) is 2.81. The Kier molecular flexibility index (Phi) is 6.65. The molecule has 0 N–H and O–H groups in total. The maximum atomic E-state index is 13.3. The Balaban J connectivity index is 1.45. The van der Waals surface area contributed by atoms with Crippen molar-refractivity contribution >= 4 is 22.6 Å². The zero-order valence-electron chi connectivity index (χ0n) is 18.3. The van der Waals surface area contributed by atoms with Crippen molar-refractivity contribution in [3.63, 3.8) is 0 Å². The van der Waals surface area contributed by atoms with E-state index in [2.05, 4.69) is 10.00 Å². The molecule has 0 radical (unpaired) electrons. The van der Waals surface area contributed by atoms with Gasteiger partial charge in [0.25, 0.3) is 11.5 Å². The quantitative estimate of drug-likeness (QED) is 0.727. The Morgan fingerprint density at radius 3 is 2.26 bits per heavy atom. The van der Waals surface area contributed by atoms with Gasteiger partial charge >= 0.3 is 0 Å². The molecule has 1 aromatic carbocycles. The van der Waals surface area contributed by atoms with Gasteiger partial charge in [0, 0.05) is 51.2 Å². The van der Waals surface area contributed by atoms with Gasteiger partial charge in [0.15, 0.2) is 5.69 Å². The highest BCUT2D eigenvalue weighted by atomic mass is 16.2. The first-order valence-electron chi connectivity index (χ1n) is 11.4. The van der Waals surface area contributed by atoms with E-state index in [9.17, 15) is 14.4 Å². The molecule has 0 bridgehead atoms. The summed E-state index contributed by atoms with van der Waals surface area (Å²) in [6, 6.07) is 7.19. The van der Waals surface area contributed by atoms with Crippen LogP contribution < -0.4 is 5.56 Å². The summed E-state index contributed by atoms with van der Waals surface area (Å²) in [5.41, 5.74) is 0.177. The Morgan fingerprint density at radius 2 is 1.58 bits per heavy atom. The second-order valence-electron chi connectivity index (χ2n) is 8.43. The number of amides is 2. The van der Waals surface area contributed by atoms with Crippen molar-refractivity contribution < 1.29 is 9.59 Å². The SMILES string of the molecule is CCCn1nc(C(=O)N2CCN(CC(=O)N3CCCCC3)CC2)c2ccccc2c1=O. The van der Waals surface area contributed by atoms with Gasteiger partial charge in [0.1, 0.15) is 0 Å². The average molecular weight is 426 g/mol. The fourth-order valence-corrected chi connectivity index (χ4v) is 4.45. The van der Waals surface area contributed by atoms with E-state index in [1.54, 1.807) is 17.0 Å². The lowest BCUT2D eigenvalue weighted by atomic mass is 10.1. The summed E-state index contributed by atoms with van der Waals surface area (Å²) in [5, 5.41) is 5.56. The van der Waals surface area contributed by atoms with Gasteiger partial charge < -0.3 is 9.80 Å². The molecule has 2 aliphatic rings. The first kappa shape index (κ1) is 21.5. The monoisotopic (exact) mass is 425 g/mol. The van der Waals surface area contributed by atoms with E-state index in [0.717, 1.165) is 32.4 Å². The Labute approximate surface area is 182 Å². The van der Waals surface area contributed by atoms with E-state index < -0.39 is 0 Å². The summed E-state index contributed by atoms with van der Waals surface area (Å²) < 4.78 is 1.41. The van der Waals surface area contributed by atoms with Gasteiger partial charge in [-0.1, -0.05) is 25.1 Å². The van der Waals surface area contributed by atoms with Gasteiger partial charge in [-0.15, -0.1) is 0 Å². The summed E-state index contributed by atoms with van der Waals surface area (Å²) in [6.07, 6.45) is 4.16. The molecular weight excluding hydrogens is 394 g/mol. The van der Waals surface area contributed by atoms with Crippen molar-refractivity contribution in [1.82, 2.24) is 24.5 Å². The molecule has 8 nitrogen and oxygen atoms in total. The highest BCUT2D eigenvalue weighted by Crippen LogP contribution is 2.17. The zero-order valence-corrected chi connectivity index (χ0v) is 18.3. The number of carbonyl (C=O) groups is 2. The molecule has 0 atom stereocenters. The lowest BCUT2D eigenvalue weighted by molar-refractivity contribution is -0.133. The third-order valence-corrected chi connectivity index (χ3v) is 6.23. The maximum absolute atomic E-state index is 13.3. The van der Waals surface area contributed by atoms with Crippen LogP contribution in [-0.2, 0) is 11.3 Å². The fourth-order valence-electron chi connectivity index (χ4n) is 4.45. The first-order chi connectivity index (χ1) is 15.1. The number of likely N-dealkylation sites (tertiary alicyclic amines) is 1. The van der Waals surface area contributed by atoms with E-state index in [-0.39, 0.29) is 17.4 Å². The molecule has 3 heterocycles. The molecule has 0 aliphatic carbocycles. The topological polar surface area (TPSA) is 78.8 Å². The minimum atomic E-state index is -0.157. The second-order valence-corrected chi connectivity index (χ2v) is 8.43. The number of fused-ring (bicyclic) bond motifs is 1. The molecule has 1 aromatic heterocycles. The molecule has 0 spiro atoms. The third kappa shape index (κ3) is 4.63. The Hall–Kier alpha value is -2.74. The van der Waals surface area contributed by atoms with Crippen LogP contribution in [0.25, 0.3) is 10.8 Å². The van der Waals surface area contributed by atoms with Gasteiger partial charge in [-0.2, -0.15) is 5.10 Å². The van der Waals surface area contributed by atoms with Crippen molar-refractivity contribution in [1.29, 1.82) is 0 Å². The Bertz CT molecular complexity index is 1000. The zero-order chi connectivity index (χ0) is 21.8. The van der Waals surface area contributed by atoms with Crippen LogP contribution in [-0.4, -0.2) is 82.1 Å². The molecule has 2 fully saturated rings. The number of hydrogen-bond acceptors (Lipinski definition) is 5. The van der Waals surface area contributed by atoms with E-state index >= 15 is 0 Å². The summed E-state index contributed by atoms with van der Waals surface area (Å²) in [4.78, 5) is 44.4. The van der Waals surface area contributed by atoms with Crippen molar-refractivity contribution in [2.24, 2.45) is 0 Å². The highest BCUT2D eigenvalue weighted by Gasteiger charge is 2.27. The molecule has 2 aliphatic heterocycles. The van der Waals surface area contributed by atoms with Gasteiger partial charge in [-0.3, -0.25) is 19.3 Å². The van der Waals surface area contributed by atoms with E-state index in [1.165, 1.54) is 11.1 Å². The second kappa shape index (κ2) is 9.60. The molecule has 8 heteroatoms. The third-order valence-electron chi connectivity index (χ3n) is 6.23. The summed E-state index contributed by atoms with van der Waals surface area (Å²) in [6.45, 7) is 7.04. The minimum Gasteiger partial charge on any atom is -0.342 e. The number of hydrogen-bond donors (Lipinski definition) is 0. The first-order valence-corrected chi connectivity index (χ1v) is 11.4. The largest absolute Gasteiger partial charge is 0.342 e. The van der Waals surface area contributed by atoms with Crippen LogP contribution in [0.1, 0.15) is 43.1 Å². The van der Waals surface area contributed by atoms with E-state index in [1.807, 2.05) is 24.0 Å². The molecule has 2 aromatic rings. The number of piperidine rings is 1. The minimum absolute atomic E-state index is 0.150. The van der Waals surface area contributed by atoms with Gasteiger partial charge in [-0.25, -0.2) is 4.68 Å². The standard InChI is InChI=1S/C23H31N5O3/c1-2-10-28-22(30)19-9-5-4-8-18(19)21(24-28)23(31)27-15-13-25(14-16-27)17-20(29)26-11-6-3-7-12-26/h4-5,8-9H,2-3,6-7,10-17H2,1H3.